The Hall–Kier alpha value is -0.820. The van der Waals surface area contributed by atoms with Crippen LogP contribution >= 0.6 is 0 Å². The van der Waals surface area contributed by atoms with E-state index in [-0.39, 0.29) is 26.0 Å². The molecule has 20 heavy (non-hydrogen) atoms. The minimum absolute atomic E-state index is 0.0556. The molecule has 2 aliphatic heterocycles. The van der Waals surface area contributed by atoms with Gasteiger partial charge in [0.05, 0.1) is 12.5 Å². The van der Waals surface area contributed by atoms with Gasteiger partial charge in [-0.1, -0.05) is 0 Å². The van der Waals surface area contributed by atoms with Crippen LogP contribution in [-0.4, -0.2) is 55.0 Å². The first kappa shape index (κ1) is 15.6. The van der Waals surface area contributed by atoms with E-state index in [9.17, 15) is 23.1 Å². The van der Waals surface area contributed by atoms with Crippen molar-refractivity contribution in [3.8, 4) is 0 Å². The van der Waals surface area contributed by atoms with Crippen molar-refractivity contribution >= 4 is 5.97 Å². The molecule has 2 aliphatic rings. The minimum Gasteiger partial charge on any atom is -0.481 e. The highest BCUT2D eigenvalue weighted by molar-refractivity contribution is 5.75. The summed E-state index contributed by atoms with van der Waals surface area (Å²) in [6.45, 7) is 1.61. The Morgan fingerprint density at radius 2 is 2.00 bits per heavy atom. The summed E-state index contributed by atoms with van der Waals surface area (Å²) >= 11 is 0. The van der Waals surface area contributed by atoms with Crippen molar-refractivity contribution in [1.82, 2.24) is 4.90 Å². The van der Waals surface area contributed by atoms with Crippen LogP contribution in [0, 0.1) is 11.3 Å². The molecule has 116 valence electrons. The van der Waals surface area contributed by atoms with Gasteiger partial charge in [-0.3, -0.25) is 4.79 Å². The van der Waals surface area contributed by atoms with Gasteiger partial charge in [0.25, 0.3) is 0 Å². The fourth-order valence-electron chi connectivity index (χ4n) is 3.06. The van der Waals surface area contributed by atoms with Gasteiger partial charge in [-0.05, 0) is 38.8 Å². The van der Waals surface area contributed by atoms with Gasteiger partial charge >= 0.3 is 12.1 Å². The number of aliphatic carboxylic acids is 1. The summed E-state index contributed by atoms with van der Waals surface area (Å²) < 4.78 is 43.1. The predicted molar refractivity (Wildman–Crippen MR) is 65.3 cm³/mol. The van der Waals surface area contributed by atoms with Crippen LogP contribution in [-0.2, 0) is 9.53 Å². The van der Waals surface area contributed by atoms with Crippen LogP contribution in [0.25, 0.3) is 0 Å². The lowest BCUT2D eigenvalue weighted by Crippen LogP contribution is -2.50. The molecule has 1 unspecified atom stereocenters. The maximum atomic E-state index is 12.6. The molecule has 0 amide bonds. The molecule has 2 fully saturated rings. The predicted octanol–water partition coefficient (Wildman–Crippen LogP) is 2.14. The van der Waals surface area contributed by atoms with Crippen molar-refractivity contribution in [3.63, 3.8) is 0 Å². The van der Waals surface area contributed by atoms with E-state index in [0.717, 1.165) is 0 Å². The molecule has 0 aliphatic carbocycles. The number of piperidine rings is 1. The number of rotatable bonds is 3. The van der Waals surface area contributed by atoms with Crippen LogP contribution in [0.3, 0.4) is 0 Å². The van der Waals surface area contributed by atoms with Crippen LogP contribution in [0.1, 0.15) is 25.7 Å². The highest BCUT2D eigenvalue weighted by atomic mass is 19.4. The van der Waals surface area contributed by atoms with Crippen LogP contribution in [0.5, 0.6) is 0 Å². The van der Waals surface area contributed by atoms with Gasteiger partial charge in [-0.2, -0.15) is 13.2 Å². The Morgan fingerprint density at radius 3 is 2.45 bits per heavy atom. The van der Waals surface area contributed by atoms with Gasteiger partial charge in [0.2, 0.25) is 0 Å². The number of carboxylic acid groups (broad SMARTS) is 1. The zero-order chi connectivity index (χ0) is 14.8. The zero-order valence-corrected chi connectivity index (χ0v) is 11.3. The second-order valence-electron chi connectivity index (χ2n) is 5.83. The van der Waals surface area contributed by atoms with Gasteiger partial charge < -0.3 is 14.7 Å². The molecule has 0 aromatic carbocycles. The van der Waals surface area contributed by atoms with E-state index < -0.39 is 23.5 Å². The van der Waals surface area contributed by atoms with Crippen molar-refractivity contribution in [2.75, 3.05) is 32.8 Å². The molecule has 7 heteroatoms. The molecule has 4 nitrogen and oxygen atoms in total. The Labute approximate surface area is 115 Å². The Bertz CT molecular complexity index is 345. The lowest BCUT2D eigenvalue weighted by atomic mass is 9.81. The second kappa shape index (κ2) is 5.89. The van der Waals surface area contributed by atoms with E-state index in [0.29, 0.717) is 32.5 Å². The maximum Gasteiger partial charge on any atom is 0.391 e. The standard InChI is InChI=1S/C13H20F3NO3/c14-13(15,16)10-2-5-17(6-3-10)8-12(11(18)19)4-1-7-20-9-12/h10H,1-9H2,(H,18,19). The molecule has 0 saturated carbocycles. The van der Waals surface area contributed by atoms with E-state index in [1.807, 2.05) is 4.90 Å². The molecule has 0 radical (unpaired) electrons. The molecular formula is C13H20F3NO3. The van der Waals surface area contributed by atoms with Crippen LogP contribution in [0.15, 0.2) is 0 Å². The van der Waals surface area contributed by atoms with E-state index in [1.54, 1.807) is 0 Å². The Kier molecular flexibility index (Phi) is 4.59. The van der Waals surface area contributed by atoms with E-state index in [1.165, 1.54) is 0 Å². The van der Waals surface area contributed by atoms with E-state index in [2.05, 4.69) is 0 Å². The number of alkyl halides is 3. The number of halogens is 3. The molecular weight excluding hydrogens is 275 g/mol. The number of hydrogen-bond donors (Lipinski definition) is 1. The molecule has 0 spiro atoms. The van der Waals surface area contributed by atoms with Crippen molar-refractivity contribution in [3.05, 3.63) is 0 Å². The van der Waals surface area contributed by atoms with E-state index >= 15 is 0 Å². The summed E-state index contributed by atoms with van der Waals surface area (Å²) in [5.74, 6) is -2.16. The largest absolute Gasteiger partial charge is 0.481 e. The van der Waals surface area contributed by atoms with Gasteiger partial charge in [-0.15, -0.1) is 0 Å². The SMILES string of the molecule is O=C(O)C1(CN2CCC(C(F)(F)F)CC2)CCCOC1. The van der Waals surface area contributed by atoms with Crippen molar-refractivity contribution in [1.29, 1.82) is 0 Å². The smallest absolute Gasteiger partial charge is 0.391 e. The van der Waals surface area contributed by atoms with E-state index in [4.69, 9.17) is 4.74 Å². The third kappa shape index (κ3) is 3.44. The van der Waals surface area contributed by atoms with Crippen molar-refractivity contribution < 1.29 is 27.8 Å². The lowest BCUT2D eigenvalue weighted by Gasteiger charge is -2.40. The van der Waals surface area contributed by atoms with Gasteiger partial charge in [0, 0.05) is 13.2 Å². The monoisotopic (exact) mass is 295 g/mol. The van der Waals surface area contributed by atoms with Crippen LogP contribution in [0.2, 0.25) is 0 Å². The third-order valence-electron chi connectivity index (χ3n) is 4.35. The summed E-state index contributed by atoms with van der Waals surface area (Å²) in [5, 5.41) is 9.41. The fourth-order valence-corrected chi connectivity index (χ4v) is 3.06. The number of nitrogens with zero attached hydrogens (tertiary/aromatic N) is 1. The minimum atomic E-state index is -4.13. The van der Waals surface area contributed by atoms with Crippen LogP contribution in [0.4, 0.5) is 13.2 Å². The quantitative estimate of drug-likeness (QED) is 0.866. The average molecular weight is 295 g/mol. The van der Waals surface area contributed by atoms with Gasteiger partial charge in [0.15, 0.2) is 0 Å². The van der Waals surface area contributed by atoms with Crippen molar-refractivity contribution in [2.45, 2.75) is 31.9 Å². The van der Waals surface area contributed by atoms with Crippen LogP contribution < -0.4 is 0 Å². The Balaban J connectivity index is 1.92. The Morgan fingerprint density at radius 1 is 1.35 bits per heavy atom. The average Bonchev–Trinajstić information content (AvgIpc) is 2.39. The summed E-state index contributed by atoms with van der Waals surface area (Å²) in [7, 11) is 0. The molecule has 2 saturated heterocycles. The fraction of sp³-hybridized carbons (Fsp3) is 0.923. The highest BCUT2D eigenvalue weighted by Crippen LogP contribution is 2.36. The molecule has 1 N–H and O–H groups in total. The lowest BCUT2D eigenvalue weighted by molar-refractivity contribution is -0.187. The van der Waals surface area contributed by atoms with Crippen molar-refractivity contribution in [2.24, 2.45) is 11.3 Å². The molecule has 1 atom stereocenters. The van der Waals surface area contributed by atoms with Gasteiger partial charge in [0.1, 0.15) is 5.41 Å². The number of carboxylic acids is 1. The first-order chi connectivity index (χ1) is 9.33. The summed E-state index contributed by atoms with van der Waals surface area (Å²) in [5.41, 5.74) is -0.955. The number of ether oxygens (including phenoxy) is 1. The third-order valence-corrected chi connectivity index (χ3v) is 4.35. The number of likely N-dealkylation sites (tertiary alicyclic amines) is 1. The molecule has 0 aromatic heterocycles. The first-order valence-corrected chi connectivity index (χ1v) is 6.94. The first-order valence-electron chi connectivity index (χ1n) is 6.94. The van der Waals surface area contributed by atoms with Gasteiger partial charge in [-0.25, -0.2) is 0 Å². The summed E-state index contributed by atoms with van der Waals surface area (Å²) in [4.78, 5) is 13.3. The number of hydrogen-bond acceptors (Lipinski definition) is 3. The normalized spacial score (nSPS) is 30.4. The zero-order valence-electron chi connectivity index (χ0n) is 11.3. The topological polar surface area (TPSA) is 49.8 Å². The highest BCUT2D eigenvalue weighted by Gasteiger charge is 2.45. The summed E-state index contributed by atoms with van der Waals surface area (Å²) in [6.07, 6.45) is -2.81. The second-order valence-corrected chi connectivity index (χ2v) is 5.83. The molecule has 2 heterocycles. The molecule has 0 aromatic rings. The summed E-state index contributed by atoms with van der Waals surface area (Å²) in [6, 6.07) is 0. The number of carbonyl (C=O) groups is 1. The molecule has 2 rings (SSSR count). The molecule has 0 bridgehead atoms. The maximum absolute atomic E-state index is 12.6.